The van der Waals surface area contributed by atoms with Gasteiger partial charge in [-0.2, -0.15) is 0 Å². The minimum Gasteiger partial charge on any atom is -0.363 e. The molecule has 0 aromatic rings. The molecule has 0 amide bonds. The summed E-state index contributed by atoms with van der Waals surface area (Å²) >= 11 is 5.52. The fourth-order valence-electron chi connectivity index (χ4n) is 0.765. The van der Waals surface area contributed by atoms with Gasteiger partial charge < -0.3 is 5.32 Å². The van der Waals surface area contributed by atoms with E-state index >= 15 is 0 Å². The lowest BCUT2D eigenvalue weighted by Crippen LogP contribution is -2.43. The Balaban J connectivity index is 2.62. The van der Waals surface area contributed by atoms with E-state index in [1.165, 1.54) is 6.20 Å². The van der Waals surface area contributed by atoms with Crippen LogP contribution < -0.4 is 10.6 Å². The van der Waals surface area contributed by atoms with E-state index in [0.717, 1.165) is 6.92 Å². The van der Waals surface area contributed by atoms with Crippen molar-refractivity contribution in [2.24, 2.45) is 0 Å². The molecule has 0 saturated heterocycles. The first-order chi connectivity index (χ1) is 5.00. The van der Waals surface area contributed by atoms with Gasteiger partial charge in [0.15, 0.2) is 5.62 Å². The van der Waals surface area contributed by atoms with Crippen LogP contribution >= 0.6 is 11.6 Å². The Bertz CT molecular complexity index is 176. The van der Waals surface area contributed by atoms with Crippen LogP contribution in [0.4, 0.5) is 8.78 Å². The predicted octanol–water partition coefficient (Wildman–Crippen LogP) is 1.24. The predicted molar refractivity (Wildman–Crippen MR) is 39.5 cm³/mol. The van der Waals surface area contributed by atoms with Gasteiger partial charge in [-0.25, -0.2) is 8.78 Å². The molecule has 0 aliphatic carbocycles. The van der Waals surface area contributed by atoms with Crippen LogP contribution in [0.5, 0.6) is 0 Å². The number of rotatable bonds is 1. The van der Waals surface area contributed by atoms with E-state index in [0.29, 0.717) is 0 Å². The van der Waals surface area contributed by atoms with E-state index in [1.54, 1.807) is 0 Å². The summed E-state index contributed by atoms with van der Waals surface area (Å²) in [7, 11) is 0. The van der Waals surface area contributed by atoms with Crippen molar-refractivity contribution < 1.29 is 8.78 Å². The van der Waals surface area contributed by atoms with E-state index < -0.39 is 11.5 Å². The number of hydrogen-bond acceptors (Lipinski definition) is 2. The monoisotopic (exact) mass is 182 g/mol. The van der Waals surface area contributed by atoms with Gasteiger partial charge in [-0.1, -0.05) is 11.6 Å². The fourth-order valence-corrected chi connectivity index (χ4v) is 0.905. The maximum atomic E-state index is 12.5. The Morgan fingerprint density at radius 1 is 1.73 bits per heavy atom. The second-order valence-electron chi connectivity index (χ2n) is 2.47. The standard InChI is InChI=1S/C6H9ClF2N2/c1-6(8,9)4-2-10-5(7)11-3-4/h2,5,10-11H,3H2,1H3. The van der Waals surface area contributed by atoms with Gasteiger partial charge >= 0.3 is 0 Å². The zero-order valence-corrected chi connectivity index (χ0v) is 6.75. The minimum absolute atomic E-state index is 0.0226. The van der Waals surface area contributed by atoms with Crippen molar-refractivity contribution in [1.29, 1.82) is 0 Å². The largest absolute Gasteiger partial charge is 0.363 e. The molecule has 2 N–H and O–H groups in total. The summed E-state index contributed by atoms with van der Waals surface area (Å²) in [5, 5.41) is 5.20. The number of alkyl halides is 3. The lowest BCUT2D eigenvalue weighted by molar-refractivity contribution is 0.0586. The van der Waals surface area contributed by atoms with Crippen LogP contribution in [0, 0.1) is 0 Å². The molecule has 1 rings (SSSR count). The van der Waals surface area contributed by atoms with Gasteiger partial charge in [-0.15, -0.1) is 0 Å². The summed E-state index contributed by atoms with van der Waals surface area (Å²) < 4.78 is 25.1. The maximum Gasteiger partial charge on any atom is 0.269 e. The van der Waals surface area contributed by atoms with Crippen molar-refractivity contribution in [3.63, 3.8) is 0 Å². The van der Waals surface area contributed by atoms with Crippen molar-refractivity contribution in [2.75, 3.05) is 6.54 Å². The van der Waals surface area contributed by atoms with Crippen molar-refractivity contribution in [1.82, 2.24) is 10.6 Å². The third-order valence-corrected chi connectivity index (χ3v) is 1.72. The molecule has 1 unspecified atom stereocenters. The Kier molecular flexibility index (Phi) is 2.34. The molecule has 1 aliphatic heterocycles. The molecule has 0 aromatic heterocycles. The van der Waals surface area contributed by atoms with Crippen LogP contribution in [-0.4, -0.2) is 18.1 Å². The summed E-state index contributed by atoms with van der Waals surface area (Å²) in [5.74, 6) is -2.77. The van der Waals surface area contributed by atoms with Gasteiger partial charge in [0.2, 0.25) is 0 Å². The highest BCUT2D eigenvalue weighted by molar-refractivity contribution is 6.20. The maximum absolute atomic E-state index is 12.5. The smallest absolute Gasteiger partial charge is 0.269 e. The molecule has 11 heavy (non-hydrogen) atoms. The molecule has 0 spiro atoms. The SMILES string of the molecule is CC(F)(F)C1=CNC(Cl)NC1. The Morgan fingerprint density at radius 2 is 2.36 bits per heavy atom. The van der Waals surface area contributed by atoms with Gasteiger partial charge in [0, 0.05) is 25.2 Å². The summed E-state index contributed by atoms with van der Waals surface area (Å²) in [6, 6.07) is 0. The molecule has 0 bridgehead atoms. The Morgan fingerprint density at radius 3 is 2.73 bits per heavy atom. The van der Waals surface area contributed by atoms with E-state index in [4.69, 9.17) is 11.6 Å². The number of nitrogens with one attached hydrogen (secondary N) is 2. The lowest BCUT2D eigenvalue weighted by atomic mass is 10.1. The molecule has 1 heterocycles. The van der Waals surface area contributed by atoms with Crippen molar-refractivity contribution >= 4 is 11.6 Å². The summed E-state index contributed by atoms with van der Waals surface area (Å²) in [4.78, 5) is 0. The molecule has 0 fully saturated rings. The van der Waals surface area contributed by atoms with Crippen molar-refractivity contribution in [2.45, 2.75) is 18.5 Å². The quantitative estimate of drug-likeness (QED) is 0.471. The summed E-state index contributed by atoms with van der Waals surface area (Å²) in [5.41, 5.74) is -0.421. The van der Waals surface area contributed by atoms with Crippen molar-refractivity contribution in [3.05, 3.63) is 11.8 Å². The third-order valence-electron chi connectivity index (χ3n) is 1.44. The second kappa shape index (κ2) is 2.95. The van der Waals surface area contributed by atoms with Crippen molar-refractivity contribution in [3.8, 4) is 0 Å². The average molecular weight is 183 g/mol. The molecule has 2 nitrogen and oxygen atoms in total. The molecular weight excluding hydrogens is 174 g/mol. The minimum atomic E-state index is -2.77. The molecule has 1 aliphatic rings. The highest BCUT2D eigenvalue weighted by Crippen LogP contribution is 2.23. The average Bonchev–Trinajstić information content (AvgIpc) is 1.86. The first-order valence-corrected chi connectivity index (χ1v) is 3.64. The lowest BCUT2D eigenvalue weighted by Gasteiger charge is -2.23. The van der Waals surface area contributed by atoms with Crippen LogP contribution in [-0.2, 0) is 0 Å². The zero-order valence-electron chi connectivity index (χ0n) is 6.00. The normalized spacial score (nSPS) is 25.8. The van der Waals surface area contributed by atoms with Crippen LogP contribution in [0.2, 0.25) is 0 Å². The first-order valence-electron chi connectivity index (χ1n) is 3.21. The van der Waals surface area contributed by atoms with Crippen LogP contribution in [0.25, 0.3) is 0 Å². The molecule has 64 valence electrons. The molecule has 0 saturated carbocycles. The Labute approximate surface area is 68.6 Å². The zero-order chi connectivity index (χ0) is 8.48. The summed E-state index contributed by atoms with van der Waals surface area (Å²) in [6.07, 6.45) is 1.26. The van der Waals surface area contributed by atoms with Gasteiger partial charge in [0.1, 0.15) is 0 Å². The molecular formula is C6H9ClF2N2. The Hall–Kier alpha value is -0.350. The van der Waals surface area contributed by atoms with E-state index in [9.17, 15) is 8.78 Å². The molecule has 0 aromatic carbocycles. The van der Waals surface area contributed by atoms with Crippen LogP contribution in [0.3, 0.4) is 0 Å². The number of hydrogen-bond donors (Lipinski definition) is 2. The summed E-state index contributed by atoms with van der Waals surface area (Å²) in [6.45, 7) is 0.988. The third kappa shape index (κ3) is 2.31. The molecule has 1 atom stereocenters. The van der Waals surface area contributed by atoms with Gasteiger partial charge in [-0.3, -0.25) is 5.32 Å². The van der Waals surface area contributed by atoms with Gasteiger partial charge in [0.05, 0.1) is 0 Å². The van der Waals surface area contributed by atoms with E-state index in [2.05, 4.69) is 10.6 Å². The van der Waals surface area contributed by atoms with Crippen LogP contribution in [0.15, 0.2) is 11.8 Å². The molecule has 0 radical (unpaired) electrons. The molecule has 5 heteroatoms. The first kappa shape index (κ1) is 8.74. The second-order valence-corrected chi connectivity index (χ2v) is 2.90. The topological polar surface area (TPSA) is 24.1 Å². The highest BCUT2D eigenvalue weighted by atomic mass is 35.5. The highest BCUT2D eigenvalue weighted by Gasteiger charge is 2.29. The van der Waals surface area contributed by atoms with E-state index in [-0.39, 0.29) is 12.1 Å². The van der Waals surface area contributed by atoms with Gasteiger partial charge in [-0.05, 0) is 0 Å². The van der Waals surface area contributed by atoms with Gasteiger partial charge in [0.25, 0.3) is 5.92 Å². The number of halogens is 3. The van der Waals surface area contributed by atoms with E-state index in [1.807, 2.05) is 0 Å². The fraction of sp³-hybridized carbons (Fsp3) is 0.667. The van der Waals surface area contributed by atoms with Crippen LogP contribution in [0.1, 0.15) is 6.92 Å².